The van der Waals surface area contributed by atoms with Crippen LogP contribution in [0, 0.1) is 6.92 Å². The number of ether oxygens (including phenoxy) is 1. The van der Waals surface area contributed by atoms with Gasteiger partial charge in [0.2, 0.25) is 0 Å². The van der Waals surface area contributed by atoms with Crippen LogP contribution in [0.25, 0.3) is 0 Å². The van der Waals surface area contributed by atoms with Crippen LogP contribution in [-0.4, -0.2) is 64.5 Å². The first kappa shape index (κ1) is 17.9. The summed E-state index contributed by atoms with van der Waals surface area (Å²) < 4.78 is 6.02. The molecule has 136 valence electrons. The highest BCUT2D eigenvalue weighted by atomic mass is 16.5. The molecule has 2 fully saturated rings. The van der Waals surface area contributed by atoms with Crippen LogP contribution in [-0.2, 0) is 9.53 Å². The first-order valence-corrected chi connectivity index (χ1v) is 9.10. The number of pyridine rings is 1. The smallest absolute Gasteiger partial charge is 0.256 e. The van der Waals surface area contributed by atoms with Gasteiger partial charge in [-0.15, -0.1) is 0 Å². The van der Waals surface area contributed by atoms with Crippen LogP contribution in [0.5, 0.6) is 0 Å². The fourth-order valence-electron chi connectivity index (χ4n) is 3.77. The first-order chi connectivity index (χ1) is 11.9. The lowest BCUT2D eigenvalue weighted by Gasteiger charge is -2.43. The maximum atomic E-state index is 13.2. The van der Waals surface area contributed by atoms with Crippen molar-refractivity contribution in [3.8, 4) is 0 Å². The molecule has 25 heavy (non-hydrogen) atoms. The Morgan fingerprint density at radius 2 is 2.12 bits per heavy atom. The standard InChI is InChI=1S/C19H27N3O3/c1-14(2)22-10-5-4-8-19(18(22)24)13-21(11-12-25-19)17(23)16-7-6-9-20-15(16)3/h6-7,9,14H,4-5,8,10-13H2,1-3H3. The summed E-state index contributed by atoms with van der Waals surface area (Å²) in [6.45, 7) is 7.87. The summed E-state index contributed by atoms with van der Waals surface area (Å²) in [5.41, 5.74) is 0.413. The number of aryl methyl sites for hydroxylation is 1. The van der Waals surface area contributed by atoms with E-state index < -0.39 is 5.60 Å². The summed E-state index contributed by atoms with van der Waals surface area (Å²) in [6.07, 6.45) is 4.26. The monoisotopic (exact) mass is 345 g/mol. The molecule has 0 N–H and O–H groups in total. The van der Waals surface area contributed by atoms with Gasteiger partial charge in [0.1, 0.15) is 0 Å². The summed E-state index contributed by atoms with van der Waals surface area (Å²) >= 11 is 0. The van der Waals surface area contributed by atoms with Crippen molar-refractivity contribution in [3.05, 3.63) is 29.6 Å². The molecule has 0 bridgehead atoms. The summed E-state index contributed by atoms with van der Waals surface area (Å²) in [5.74, 6) is -0.0400. The van der Waals surface area contributed by atoms with Gasteiger partial charge in [0, 0.05) is 31.0 Å². The molecule has 1 unspecified atom stereocenters. The second-order valence-corrected chi connectivity index (χ2v) is 7.26. The molecular weight excluding hydrogens is 318 g/mol. The number of aromatic nitrogens is 1. The Morgan fingerprint density at radius 1 is 1.32 bits per heavy atom. The minimum atomic E-state index is -0.898. The quantitative estimate of drug-likeness (QED) is 0.823. The van der Waals surface area contributed by atoms with Crippen molar-refractivity contribution < 1.29 is 14.3 Å². The highest BCUT2D eigenvalue weighted by molar-refractivity contribution is 5.96. The van der Waals surface area contributed by atoms with Gasteiger partial charge >= 0.3 is 0 Å². The maximum absolute atomic E-state index is 13.2. The van der Waals surface area contributed by atoms with Crippen molar-refractivity contribution in [2.24, 2.45) is 0 Å². The Bertz CT molecular complexity index is 661. The third kappa shape index (κ3) is 3.40. The van der Waals surface area contributed by atoms with Crippen LogP contribution < -0.4 is 0 Å². The van der Waals surface area contributed by atoms with E-state index in [-0.39, 0.29) is 17.9 Å². The van der Waals surface area contributed by atoms with Crippen molar-refractivity contribution >= 4 is 11.8 Å². The predicted octanol–water partition coefficient (Wildman–Crippen LogP) is 2.02. The van der Waals surface area contributed by atoms with Gasteiger partial charge in [-0.1, -0.05) is 0 Å². The minimum absolute atomic E-state index is 0.0282. The third-order valence-corrected chi connectivity index (χ3v) is 5.21. The van der Waals surface area contributed by atoms with Gasteiger partial charge in [-0.25, -0.2) is 0 Å². The lowest BCUT2D eigenvalue weighted by molar-refractivity contribution is -0.169. The van der Waals surface area contributed by atoms with Gasteiger partial charge in [-0.05, 0) is 52.2 Å². The Balaban J connectivity index is 1.85. The number of hydrogen-bond acceptors (Lipinski definition) is 4. The number of rotatable bonds is 2. The number of nitrogens with zero attached hydrogens (tertiary/aromatic N) is 3. The van der Waals surface area contributed by atoms with E-state index in [2.05, 4.69) is 4.98 Å². The van der Waals surface area contributed by atoms with Crippen LogP contribution >= 0.6 is 0 Å². The average molecular weight is 345 g/mol. The molecule has 2 aliphatic heterocycles. The normalized spacial score (nSPS) is 24.7. The molecule has 1 aromatic heterocycles. The van der Waals surface area contributed by atoms with Crippen molar-refractivity contribution in [2.45, 2.75) is 51.7 Å². The third-order valence-electron chi connectivity index (χ3n) is 5.21. The van der Waals surface area contributed by atoms with Crippen molar-refractivity contribution in [2.75, 3.05) is 26.2 Å². The van der Waals surface area contributed by atoms with Crippen molar-refractivity contribution in [3.63, 3.8) is 0 Å². The number of likely N-dealkylation sites (tertiary alicyclic amines) is 1. The molecule has 2 saturated heterocycles. The van der Waals surface area contributed by atoms with E-state index in [1.54, 1.807) is 23.2 Å². The van der Waals surface area contributed by atoms with E-state index in [1.165, 1.54) is 0 Å². The SMILES string of the molecule is Cc1ncccc1C(=O)N1CCOC2(CCCCN(C(C)C)C2=O)C1. The topological polar surface area (TPSA) is 62.7 Å². The number of hydrogen-bond donors (Lipinski definition) is 0. The highest BCUT2D eigenvalue weighted by Crippen LogP contribution is 2.31. The molecule has 3 rings (SSSR count). The fourth-order valence-corrected chi connectivity index (χ4v) is 3.77. The molecular formula is C19H27N3O3. The van der Waals surface area contributed by atoms with Crippen LogP contribution in [0.3, 0.4) is 0 Å². The zero-order chi connectivity index (χ0) is 18.0. The Labute approximate surface area is 149 Å². The number of carbonyl (C=O) groups is 2. The molecule has 6 heteroatoms. The number of morpholine rings is 1. The van der Waals surface area contributed by atoms with Gasteiger partial charge in [-0.2, -0.15) is 0 Å². The van der Waals surface area contributed by atoms with E-state index in [1.807, 2.05) is 25.7 Å². The van der Waals surface area contributed by atoms with E-state index in [9.17, 15) is 9.59 Å². The Kier molecular flexibility index (Phi) is 5.08. The molecule has 0 radical (unpaired) electrons. The fraction of sp³-hybridized carbons (Fsp3) is 0.632. The minimum Gasteiger partial charge on any atom is -0.361 e. The summed E-state index contributed by atoms with van der Waals surface area (Å²) in [5, 5.41) is 0. The van der Waals surface area contributed by atoms with Gasteiger partial charge < -0.3 is 14.5 Å². The molecule has 1 aromatic rings. The van der Waals surface area contributed by atoms with E-state index in [4.69, 9.17) is 4.74 Å². The van der Waals surface area contributed by atoms with Crippen LogP contribution in [0.2, 0.25) is 0 Å². The number of carbonyl (C=O) groups excluding carboxylic acids is 2. The van der Waals surface area contributed by atoms with E-state index in [0.717, 1.165) is 19.4 Å². The van der Waals surface area contributed by atoms with E-state index in [0.29, 0.717) is 37.4 Å². The number of amides is 2. The summed E-state index contributed by atoms with van der Waals surface area (Å²) in [7, 11) is 0. The molecule has 0 saturated carbocycles. The molecule has 3 heterocycles. The van der Waals surface area contributed by atoms with Crippen LogP contribution in [0.1, 0.15) is 49.2 Å². The molecule has 1 spiro atoms. The van der Waals surface area contributed by atoms with Gasteiger partial charge in [-0.3, -0.25) is 14.6 Å². The predicted molar refractivity (Wildman–Crippen MR) is 94.3 cm³/mol. The largest absolute Gasteiger partial charge is 0.361 e. The van der Waals surface area contributed by atoms with Gasteiger partial charge in [0.05, 0.1) is 18.7 Å². The van der Waals surface area contributed by atoms with Crippen LogP contribution in [0.15, 0.2) is 18.3 Å². The Hall–Kier alpha value is -1.95. The summed E-state index contributed by atoms with van der Waals surface area (Å²) in [6, 6.07) is 3.70. The molecule has 2 amide bonds. The molecule has 6 nitrogen and oxygen atoms in total. The molecule has 0 aliphatic carbocycles. The molecule has 1 atom stereocenters. The molecule has 2 aliphatic rings. The second-order valence-electron chi connectivity index (χ2n) is 7.26. The van der Waals surface area contributed by atoms with Gasteiger partial charge in [0.25, 0.3) is 11.8 Å². The lowest BCUT2D eigenvalue weighted by Crippen LogP contribution is -2.61. The zero-order valence-corrected chi connectivity index (χ0v) is 15.3. The maximum Gasteiger partial charge on any atom is 0.256 e. The summed E-state index contributed by atoms with van der Waals surface area (Å²) in [4.78, 5) is 34.0. The van der Waals surface area contributed by atoms with Gasteiger partial charge in [0.15, 0.2) is 5.60 Å². The zero-order valence-electron chi connectivity index (χ0n) is 15.3. The Morgan fingerprint density at radius 3 is 2.84 bits per heavy atom. The van der Waals surface area contributed by atoms with Crippen molar-refractivity contribution in [1.82, 2.24) is 14.8 Å². The average Bonchev–Trinajstić information content (AvgIpc) is 2.75. The second kappa shape index (κ2) is 7.12. The molecule has 0 aromatic carbocycles. The first-order valence-electron chi connectivity index (χ1n) is 9.10. The van der Waals surface area contributed by atoms with E-state index >= 15 is 0 Å². The highest BCUT2D eigenvalue weighted by Gasteiger charge is 2.48. The van der Waals surface area contributed by atoms with Crippen LogP contribution in [0.4, 0.5) is 0 Å². The lowest BCUT2D eigenvalue weighted by atomic mass is 9.93. The van der Waals surface area contributed by atoms with Crippen molar-refractivity contribution in [1.29, 1.82) is 0 Å².